The number of carbonyl (C=O) groups is 1. The van der Waals surface area contributed by atoms with Gasteiger partial charge in [0.2, 0.25) is 5.91 Å². The van der Waals surface area contributed by atoms with E-state index in [2.05, 4.69) is 10.1 Å². The summed E-state index contributed by atoms with van der Waals surface area (Å²) in [6.07, 6.45) is 0.375. The van der Waals surface area contributed by atoms with Crippen molar-refractivity contribution in [1.29, 1.82) is 0 Å². The zero-order chi connectivity index (χ0) is 17.2. The Morgan fingerprint density at radius 3 is 2.68 bits per heavy atom. The average molecular weight is 335 g/mol. The van der Waals surface area contributed by atoms with Gasteiger partial charge in [-0.05, 0) is 24.3 Å². The van der Waals surface area contributed by atoms with E-state index in [1.54, 1.807) is 12.0 Å². The molecule has 0 unspecified atom stereocenters. The van der Waals surface area contributed by atoms with E-state index in [1.807, 2.05) is 54.6 Å². The van der Waals surface area contributed by atoms with E-state index in [9.17, 15) is 4.79 Å². The summed E-state index contributed by atoms with van der Waals surface area (Å²) in [5, 5.41) is 4.09. The van der Waals surface area contributed by atoms with Gasteiger partial charge in [0, 0.05) is 24.6 Å². The van der Waals surface area contributed by atoms with E-state index in [-0.39, 0.29) is 11.8 Å². The molecule has 1 aromatic heterocycles. The van der Waals surface area contributed by atoms with Crippen molar-refractivity contribution < 1.29 is 14.1 Å². The Bertz CT molecular complexity index is 892. The molecule has 1 atom stereocenters. The number of rotatable bonds is 4. The Labute approximate surface area is 145 Å². The number of para-hydroxylation sites is 2. The first-order chi connectivity index (χ1) is 12.3. The second-order valence-corrected chi connectivity index (χ2v) is 5.90. The van der Waals surface area contributed by atoms with Crippen LogP contribution < -0.4 is 9.64 Å². The maximum Gasteiger partial charge on any atom is 0.261 e. The average Bonchev–Trinajstić information content (AvgIpc) is 3.29. The molecular formula is C19H17N3O3. The lowest BCUT2D eigenvalue weighted by molar-refractivity contribution is -0.117. The predicted molar refractivity (Wildman–Crippen MR) is 92.4 cm³/mol. The summed E-state index contributed by atoms with van der Waals surface area (Å²) in [4.78, 5) is 18.6. The maximum absolute atomic E-state index is 12.4. The summed E-state index contributed by atoms with van der Waals surface area (Å²) in [6, 6.07) is 17.1. The Morgan fingerprint density at radius 1 is 1.12 bits per heavy atom. The van der Waals surface area contributed by atoms with E-state index in [1.165, 1.54) is 0 Å². The Kier molecular flexibility index (Phi) is 3.93. The van der Waals surface area contributed by atoms with Crippen LogP contribution >= 0.6 is 0 Å². The normalized spacial score (nSPS) is 17.1. The van der Waals surface area contributed by atoms with Crippen LogP contribution in [0.5, 0.6) is 5.75 Å². The number of benzene rings is 2. The molecule has 0 aliphatic carbocycles. The molecule has 1 fully saturated rings. The van der Waals surface area contributed by atoms with Crippen LogP contribution in [0.2, 0.25) is 0 Å². The van der Waals surface area contributed by atoms with E-state index >= 15 is 0 Å². The fraction of sp³-hybridized carbons (Fsp3) is 0.211. The number of hydrogen-bond acceptors (Lipinski definition) is 5. The van der Waals surface area contributed by atoms with Gasteiger partial charge >= 0.3 is 0 Å². The number of anilines is 1. The molecule has 2 aromatic carbocycles. The van der Waals surface area contributed by atoms with Gasteiger partial charge < -0.3 is 14.2 Å². The molecule has 0 N–H and O–H groups in total. The summed E-state index contributed by atoms with van der Waals surface area (Å²) in [7, 11) is 1.60. The van der Waals surface area contributed by atoms with Crippen molar-refractivity contribution in [2.45, 2.75) is 12.3 Å². The Morgan fingerprint density at radius 2 is 1.88 bits per heavy atom. The molecule has 1 aliphatic heterocycles. The summed E-state index contributed by atoms with van der Waals surface area (Å²) < 4.78 is 10.7. The summed E-state index contributed by atoms with van der Waals surface area (Å²) in [5.74, 6) is 1.61. The van der Waals surface area contributed by atoms with Gasteiger partial charge in [0.05, 0.1) is 12.7 Å². The minimum Gasteiger partial charge on any atom is -0.496 e. The highest BCUT2D eigenvalue weighted by Gasteiger charge is 2.34. The van der Waals surface area contributed by atoms with Gasteiger partial charge in [-0.15, -0.1) is 0 Å². The summed E-state index contributed by atoms with van der Waals surface area (Å²) in [5.41, 5.74) is 1.64. The van der Waals surface area contributed by atoms with Crippen LogP contribution in [-0.2, 0) is 4.79 Å². The molecule has 6 nitrogen and oxygen atoms in total. The molecule has 1 amide bonds. The van der Waals surface area contributed by atoms with Gasteiger partial charge in [0.1, 0.15) is 5.75 Å². The number of aromatic nitrogens is 2. The van der Waals surface area contributed by atoms with Gasteiger partial charge in [-0.2, -0.15) is 4.98 Å². The Balaban J connectivity index is 1.58. The van der Waals surface area contributed by atoms with E-state index in [0.29, 0.717) is 30.4 Å². The first kappa shape index (κ1) is 15.4. The zero-order valence-corrected chi connectivity index (χ0v) is 13.8. The fourth-order valence-electron chi connectivity index (χ4n) is 3.07. The number of nitrogens with zero attached hydrogens (tertiary/aromatic N) is 3. The van der Waals surface area contributed by atoms with Crippen molar-refractivity contribution in [1.82, 2.24) is 10.1 Å². The smallest absolute Gasteiger partial charge is 0.261 e. The summed E-state index contributed by atoms with van der Waals surface area (Å²) in [6.45, 7) is 0.549. The molecule has 0 spiro atoms. The topological polar surface area (TPSA) is 68.5 Å². The number of hydrogen-bond donors (Lipinski definition) is 0. The van der Waals surface area contributed by atoms with Crippen molar-refractivity contribution in [3.8, 4) is 17.2 Å². The summed E-state index contributed by atoms with van der Waals surface area (Å²) >= 11 is 0. The van der Waals surface area contributed by atoms with Crippen LogP contribution in [0.3, 0.4) is 0 Å². The van der Waals surface area contributed by atoms with Crippen molar-refractivity contribution in [2.75, 3.05) is 18.6 Å². The van der Waals surface area contributed by atoms with Gasteiger partial charge in [-0.1, -0.05) is 35.5 Å². The van der Waals surface area contributed by atoms with Crippen molar-refractivity contribution in [3.05, 3.63) is 60.4 Å². The van der Waals surface area contributed by atoms with E-state index in [0.717, 1.165) is 11.3 Å². The predicted octanol–water partition coefficient (Wildman–Crippen LogP) is 3.27. The van der Waals surface area contributed by atoms with Gasteiger partial charge in [-0.25, -0.2) is 0 Å². The largest absolute Gasteiger partial charge is 0.496 e. The van der Waals surface area contributed by atoms with Crippen LogP contribution in [0.1, 0.15) is 18.2 Å². The zero-order valence-electron chi connectivity index (χ0n) is 13.8. The quantitative estimate of drug-likeness (QED) is 0.732. The molecule has 1 saturated heterocycles. The maximum atomic E-state index is 12.4. The Hall–Kier alpha value is -3.15. The van der Waals surface area contributed by atoms with Crippen LogP contribution in [0, 0.1) is 0 Å². The lowest BCUT2D eigenvalue weighted by Crippen LogP contribution is -2.24. The molecule has 6 heteroatoms. The monoisotopic (exact) mass is 335 g/mol. The first-order valence-electron chi connectivity index (χ1n) is 8.08. The van der Waals surface area contributed by atoms with E-state index in [4.69, 9.17) is 9.26 Å². The molecule has 0 radical (unpaired) electrons. The number of methoxy groups -OCH3 is 1. The SMILES string of the molecule is COc1ccccc1-c1nc([C@H]2CC(=O)N(c3ccccc3)C2)no1. The molecule has 2 heterocycles. The first-order valence-corrected chi connectivity index (χ1v) is 8.08. The number of amides is 1. The van der Waals surface area contributed by atoms with Crippen LogP contribution in [0.25, 0.3) is 11.5 Å². The molecule has 3 aromatic rings. The van der Waals surface area contributed by atoms with Crippen molar-refractivity contribution in [3.63, 3.8) is 0 Å². The standard InChI is InChI=1S/C19H17N3O3/c1-24-16-10-6-5-9-15(16)19-20-18(21-25-19)13-11-17(23)22(12-13)14-7-3-2-4-8-14/h2-10,13H,11-12H2,1H3/t13-/m0/s1. The third kappa shape index (κ3) is 2.87. The molecule has 25 heavy (non-hydrogen) atoms. The van der Waals surface area contributed by atoms with Crippen molar-refractivity contribution in [2.24, 2.45) is 0 Å². The molecular weight excluding hydrogens is 318 g/mol. The lowest BCUT2D eigenvalue weighted by Gasteiger charge is -2.15. The molecule has 0 bridgehead atoms. The van der Waals surface area contributed by atoms with Gasteiger partial charge in [0.15, 0.2) is 5.82 Å². The number of ether oxygens (including phenoxy) is 1. The number of carbonyl (C=O) groups excluding carboxylic acids is 1. The van der Waals surface area contributed by atoms with Crippen LogP contribution in [0.15, 0.2) is 59.1 Å². The van der Waals surface area contributed by atoms with E-state index < -0.39 is 0 Å². The second kappa shape index (κ2) is 6.39. The molecule has 4 rings (SSSR count). The second-order valence-electron chi connectivity index (χ2n) is 5.90. The fourth-order valence-corrected chi connectivity index (χ4v) is 3.07. The highest BCUT2D eigenvalue weighted by atomic mass is 16.5. The minimum atomic E-state index is -0.0834. The highest BCUT2D eigenvalue weighted by molar-refractivity contribution is 5.96. The molecule has 0 saturated carbocycles. The third-order valence-corrected chi connectivity index (χ3v) is 4.34. The van der Waals surface area contributed by atoms with Gasteiger partial charge in [0.25, 0.3) is 5.89 Å². The highest BCUT2D eigenvalue weighted by Crippen LogP contribution is 2.33. The van der Waals surface area contributed by atoms with Crippen LogP contribution in [-0.4, -0.2) is 29.7 Å². The lowest BCUT2D eigenvalue weighted by atomic mass is 10.1. The van der Waals surface area contributed by atoms with Gasteiger partial charge in [-0.3, -0.25) is 4.79 Å². The molecule has 126 valence electrons. The minimum absolute atomic E-state index is 0.0693. The van der Waals surface area contributed by atoms with Crippen molar-refractivity contribution >= 4 is 11.6 Å². The van der Waals surface area contributed by atoms with Crippen LogP contribution in [0.4, 0.5) is 5.69 Å². The molecule has 1 aliphatic rings. The third-order valence-electron chi connectivity index (χ3n) is 4.34.